The third-order valence-electron chi connectivity index (χ3n) is 5.71. The molecule has 3 rings (SSSR count). The lowest BCUT2D eigenvalue weighted by Gasteiger charge is -2.29. The highest BCUT2D eigenvalue weighted by Crippen LogP contribution is 2.26. The van der Waals surface area contributed by atoms with E-state index in [1.807, 2.05) is 0 Å². The van der Waals surface area contributed by atoms with Crippen LogP contribution in [0.2, 0.25) is 0 Å². The first-order valence-corrected chi connectivity index (χ1v) is 11.2. The molecule has 9 heteroatoms. The number of hydrogen-bond donors (Lipinski definition) is 1. The number of ether oxygens (including phenoxy) is 3. The Morgan fingerprint density at radius 1 is 1.24 bits per heavy atom. The number of halogens is 1. The molecule has 1 aromatic rings. The molecule has 2 atom stereocenters. The maximum Gasteiger partial charge on any atom is 0.345 e. The van der Waals surface area contributed by atoms with Gasteiger partial charge in [0.05, 0.1) is 23.3 Å². The molecular weight excluding hydrogens is 443 g/mol. The van der Waals surface area contributed by atoms with E-state index in [2.05, 4.69) is 0 Å². The molecule has 0 spiro atoms. The van der Waals surface area contributed by atoms with E-state index < -0.39 is 17.0 Å². The van der Waals surface area contributed by atoms with E-state index in [0.717, 1.165) is 18.4 Å². The molecule has 182 valence electrons. The van der Waals surface area contributed by atoms with Crippen LogP contribution < -0.4 is 5.73 Å². The lowest BCUT2D eigenvalue weighted by atomic mass is 9.94. The van der Waals surface area contributed by atoms with Crippen LogP contribution in [0.15, 0.2) is 71.4 Å². The molecule has 0 amide bonds. The first-order valence-electron chi connectivity index (χ1n) is 11.2. The van der Waals surface area contributed by atoms with Crippen LogP contribution in [0, 0.1) is 10.1 Å². The summed E-state index contributed by atoms with van der Waals surface area (Å²) >= 11 is 0. The third kappa shape index (κ3) is 7.28. The van der Waals surface area contributed by atoms with Crippen molar-refractivity contribution < 1.29 is 28.3 Å². The number of benzene rings is 1. The summed E-state index contributed by atoms with van der Waals surface area (Å²) < 4.78 is 30.4. The number of carbonyl (C=O) groups is 1. The smallest absolute Gasteiger partial charge is 0.345 e. The van der Waals surface area contributed by atoms with Gasteiger partial charge in [-0.15, -0.1) is 0 Å². The van der Waals surface area contributed by atoms with Gasteiger partial charge >= 0.3 is 5.97 Å². The quantitative estimate of drug-likeness (QED) is 0.232. The normalized spacial score (nSPS) is 21.0. The van der Waals surface area contributed by atoms with Gasteiger partial charge in [-0.3, -0.25) is 10.1 Å². The highest BCUT2D eigenvalue weighted by atomic mass is 19.1. The average Bonchev–Trinajstić information content (AvgIpc) is 3.05. The number of nitro groups is 1. The van der Waals surface area contributed by atoms with Crippen molar-refractivity contribution in [1.82, 2.24) is 0 Å². The second kappa shape index (κ2) is 12.1. The zero-order valence-corrected chi connectivity index (χ0v) is 19.1. The van der Waals surface area contributed by atoms with E-state index in [-0.39, 0.29) is 29.8 Å². The van der Waals surface area contributed by atoms with Gasteiger partial charge in [-0.2, -0.15) is 0 Å². The maximum atomic E-state index is 13.2. The molecule has 8 nitrogen and oxygen atoms in total. The van der Waals surface area contributed by atoms with Gasteiger partial charge in [0.1, 0.15) is 29.9 Å². The molecule has 1 fully saturated rings. The molecular formula is C25H29FN2O6. The molecule has 34 heavy (non-hydrogen) atoms. The summed E-state index contributed by atoms with van der Waals surface area (Å²) in [5.41, 5.74) is 7.15. The van der Waals surface area contributed by atoms with Crippen LogP contribution in [-0.2, 0) is 14.2 Å². The summed E-state index contributed by atoms with van der Waals surface area (Å²) in [4.78, 5) is 23.1. The first-order chi connectivity index (χ1) is 16.3. The molecule has 2 aliphatic rings. The Morgan fingerprint density at radius 3 is 2.79 bits per heavy atom. The van der Waals surface area contributed by atoms with Gasteiger partial charge in [-0.05, 0) is 56.4 Å². The number of esters is 1. The molecule has 0 aliphatic heterocycles. The topological polar surface area (TPSA) is 114 Å². The van der Waals surface area contributed by atoms with E-state index in [9.17, 15) is 19.3 Å². The van der Waals surface area contributed by atoms with Crippen molar-refractivity contribution in [2.75, 3.05) is 13.2 Å². The summed E-state index contributed by atoms with van der Waals surface area (Å²) in [5, 5.41) is 11.2. The van der Waals surface area contributed by atoms with Crippen LogP contribution in [0.5, 0.6) is 0 Å². The minimum Gasteiger partial charge on any atom is -0.492 e. The summed E-state index contributed by atoms with van der Waals surface area (Å²) in [7, 11) is 0. The third-order valence-corrected chi connectivity index (χ3v) is 5.71. The van der Waals surface area contributed by atoms with Gasteiger partial charge in [-0.1, -0.05) is 24.3 Å². The Hall–Kier alpha value is -3.46. The fourth-order valence-electron chi connectivity index (χ4n) is 3.73. The van der Waals surface area contributed by atoms with Gasteiger partial charge in [0.2, 0.25) is 0 Å². The van der Waals surface area contributed by atoms with E-state index in [1.54, 1.807) is 25.1 Å². The van der Waals surface area contributed by atoms with Gasteiger partial charge in [-0.25, -0.2) is 9.18 Å². The number of para-hydroxylation sites is 1. The van der Waals surface area contributed by atoms with Gasteiger partial charge in [0.25, 0.3) is 5.69 Å². The van der Waals surface area contributed by atoms with Crippen LogP contribution in [0.1, 0.15) is 49.4 Å². The highest BCUT2D eigenvalue weighted by Gasteiger charge is 2.28. The van der Waals surface area contributed by atoms with E-state index in [4.69, 9.17) is 19.9 Å². The van der Waals surface area contributed by atoms with E-state index in [0.29, 0.717) is 37.3 Å². The number of allylic oxidation sites excluding steroid dienone is 6. The average molecular weight is 473 g/mol. The molecule has 0 saturated heterocycles. The minimum absolute atomic E-state index is 0.0620. The van der Waals surface area contributed by atoms with Crippen molar-refractivity contribution in [3.63, 3.8) is 0 Å². The Labute approximate surface area is 197 Å². The van der Waals surface area contributed by atoms with Gasteiger partial charge < -0.3 is 19.9 Å². The monoisotopic (exact) mass is 472 g/mol. The maximum absolute atomic E-state index is 13.2. The standard InChI is InChI=1S/C25H29FN2O6/c1-17(32-15-18-6-4-7-19(26)13-12-18)23(27)16-33-20-8-5-9-21(14-20)34-25(29)22-10-2-3-11-24(22)28(30)31/h2-4,7,10-13,20-21H,5-6,8-9,14-16,27H2,1H3/b23-17-. The number of carbonyl (C=O) groups excluding carboxylic acids is 1. The number of hydrogen-bond acceptors (Lipinski definition) is 7. The van der Waals surface area contributed by atoms with Crippen molar-refractivity contribution in [1.29, 1.82) is 0 Å². The van der Waals surface area contributed by atoms with E-state index in [1.165, 1.54) is 30.4 Å². The van der Waals surface area contributed by atoms with Crippen LogP contribution in [0.3, 0.4) is 0 Å². The molecule has 1 aromatic carbocycles. The Kier molecular flexibility index (Phi) is 8.98. The second-order valence-corrected chi connectivity index (χ2v) is 8.25. The SMILES string of the molecule is C/C(OCC1=CC=C(F)C=CC1)=C(/N)COC1CCCC(OC(=O)c2ccccc2[N+](=O)[O-])C1. The van der Waals surface area contributed by atoms with Crippen LogP contribution in [0.4, 0.5) is 10.1 Å². The lowest BCUT2D eigenvalue weighted by molar-refractivity contribution is -0.385. The van der Waals surface area contributed by atoms with Crippen molar-refractivity contribution in [2.45, 2.75) is 51.2 Å². The van der Waals surface area contributed by atoms with Crippen LogP contribution >= 0.6 is 0 Å². The Morgan fingerprint density at radius 2 is 2.00 bits per heavy atom. The molecule has 0 radical (unpaired) electrons. The molecule has 2 N–H and O–H groups in total. The zero-order valence-electron chi connectivity index (χ0n) is 19.1. The highest BCUT2D eigenvalue weighted by molar-refractivity contribution is 5.93. The number of nitrogens with zero attached hydrogens (tertiary/aromatic N) is 1. The number of nitro benzene ring substituents is 1. The number of rotatable bonds is 9. The summed E-state index contributed by atoms with van der Waals surface area (Å²) in [6, 6.07) is 5.74. The molecule has 1 saturated carbocycles. The molecule has 0 heterocycles. The Balaban J connectivity index is 1.48. The predicted octanol–water partition coefficient (Wildman–Crippen LogP) is 5.03. The largest absolute Gasteiger partial charge is 0.492 e. The summed E-state index contributed by atoms with van der Waals surface area (Å²) in [6.07, 6.45) is 9.04. The molecule has 2 aliphatic carbocycles. The fraction of sp³-hybridized carbons (Fsp3) is 0.400. The lowest BCUT2D eigenvalue weighted by Crippen LogP contribution is -2.31. The molecule has 2 unspecified atom stereocenters. The zero-order chi connectivity index (χ0) is 24.5. The van der Waals surface area contributed by atoms with Crippen molar-refractivity contribution in [3.05, 3.63) is 87.1 Å². The summed E-state index contributed by atoms with van der Waals surface area (Å²) in [6.45, 7) is 2.21. The minimum atomic E-state index is -0.709. The van der Waals surface area contributed by atoms with Crippen molar-refractivity contribution >= 4 is 11.7 Å². The van der Waals surface area contributed by atoms with Crippen molar-refractivity contribution in [3.8, 4) is 0 Å². The molecule has 0 aromatic heterocycles. The summed E-state index contributed by atoms with van der Waals surface area (Å²) in [5.74, 6) is -0.471. The fourth-order valence-corrected chi connectivity index (χ4v) is 3.73. The first kappa shape index (κ1) is 25.2. The molecule has 0 bridgehead atoms. The van der Waals surface area contributed by atoms with E-state index >= 15 is 0 Å². The Bertz CT molecular complexity index is 1030. The van der Waals surface area contributed by atoms with Gasteiger partial charge in [0.15, 0.2) is 0 Å². The van der Waals surface area contributed by atoms with Gasteiger partial charge in [0, 0.05) is 12.5 Å². The van der Waals surface area contributed by atoms with Crippen LogP contribution in [-0.4, -0.2) is 36.3 Å². The van der Waals surface area contributed by atoms with Crippen molar-refractivity contribution in [2.24, 2.45) is 5.73 Å². The predicted molar refractivity (Wildman–Crippen MR) is 124 cm³/mol. The second-order valence-electron chi connectivity index (χ2n) is 8.25. The number of nitrogens with two attached hydrogens (primary N) is 1. The van der Waals surface area contributed by atoms with Crippen LogP contribution in [0.25, 0.3) is 0 Å².